The van der Waals surface area contributed by atoms with E-state index in [1.165, 1.54) is 0 Å². The molecule has 188 valence electrons. The first-order valence-corrected chi connectivity index (χ1v) is 12.8. The van der Waals surface area contributed by atoms with Crippen LogP contribution >= 0.6 is 23.8 Å². The van der Waals surface area contributed by atoms with Gasteiger partial charge in [0.05, 0.1) is 23.0 Å². The lowest BCUT2D eigenvalue weighted by molar-refractivity contribution is -0.134. The van der Waals surface area contributed by atoms with E-state index in [0.717, 1.165) is 24.3 Å². The molecular formula is C26H33ClN4O3S. The van der Waals surface area contributed by atoms with Crippen LogP contribution in [0, 0.1) is 5.92 Å². The van der Waals surface area contributed by atoms with E-state index in [1.54, 1.807) is 24.3 Å². The Kier molecular flexibility index (Phi) is 9.74. The highest BCUT2D eigenvalue weighted by Gasteiger charge is 2.25. The summed E-state index contributed by atoms with van der Waals surface area (Å²) in [6.45, 7) is 9.15. The van der Waals surface area contributed by atoms with Crippen LogP contribution in [0.15, 0.2) is 42.5 Å². The molecule has 2 aromatic carbocycles. The Bertz CT molecular complexity index is 1040. The van der Waals surface area contributed by atoms with Crippen LogP contribution in [0.3, 0.4) is 0 Å². The summed E-state index contributed by atoms with van der Waals surface area (Å²) >= 11 is 12.0. The third kappa shape index (κ3) is 7.32. The third-order valence-corrected chi connectivity index (χ3v) is 6.26. The van der Waals surface area contributed by atoms with Crippen molar-refractivity contribution in [2.75, 3.05) is 43.0 Å². The summed E-state index contributed by atoms with van der Waals surface area (Å²) in [7, 11) is 0. The molecule has 0 aromatic heterocycles. The molecule has 0 aliphatic carbocycles. The minimum atomic E-state index is -0.313. The molecule has 3 rings (SSSR count). The predicted octanol–water partition coefficient (Wildman–Crippen LogP) is 4.95. The Balaban J connectivity index is 1.61. The number of hydrogen-bond acceptors (Lipinski definition) is 5. The summed E-state index contributed by atoms with van der Waals surface area (Å²) in [5.41, 5.74) is 1.98. The van der Waals surface area contributed by atoms with E-state index in [2.05, 4.69) is 22.5 Å². The SMILES string of the molecule is CCCCOc1ccc(C(=O)NC(=S)Nc2cccc(Cl)c2N2CCN(C(=O)C(C)C)CC2)cc1. The Morgan fingerprint density at radius 1 is 1.09 bits per heavy atom. The van der Waals surface area contributed by atoms with Gasteiger partial charge < -0.3 is 19.9 Å². The van der Waals surface area contributed by atoms with Gasteiger partial charge in [-0.1, -0.05) is 44.9 Å². The van der Waals surface area contributed by atoms with Gasteiger partial charge in [-0.15, -0.1) is 0 Å². The molecule has 35 heavy (non-hydrogen) atoms. The molecule has 9 heteroatoms. The fourth-order valence-electron chi connectivity index (χ4n) is 3.82. The highest BCUT2D eigenvalue weighted by Crippen LogP contribution is 2.34. The van der Waals surface area contributed by atoms with Crippen LogP contribution in [0.25, 0.3) is 0 Å². The number of amides is 2. The number of hydrogen-bond donors (Lipinski definition) is 2. The number of ether oxygens (including phenoxy) is 1. The van der Waals surface area contributed by atoms with E-state index < -0.39 is 0 Å². The number of carbonyl (C=O) groups excluding carboxylic acids is 2. The standard InChI is InChI=1S/C26H33ClN4O3S/c1-4-5-17-34-20-11-9-19(10-12-20)24(32)29-26(35)28-22-8-6-7-21(27)23(22)30-13-15-31(16-14-30)25(33)18(2)3/h6-12,18H,4-5,13-17H2,1-3H3,(H2,28,29,32,35). The Morgan fingerprint density at radius 2 is 1.77 bits per heavy atom. The number of piperazine rings is 1. The zero-order valence-electron chi connectivity index (χ0n) is 20.5. The zero-order valence-corrected chi connectivity index (χ0v) is 22.0. The van der Waals surface area contributed by atoms with Gasteiger partial charge in [-0.05, 0) is 55.0 Å². The summed E-state index contributed by atoms with van der Waals surface area (Å²) in [5, 5.41) is 6.59. The molecule has 2 aromatic rings. The van der Waals surface area contributed by atoms with Crippen LogP contribution in [0.4, 0.5) is 11.4 Å². The van der Waals surface area contributed by atoms with E-state index in [0.29, 0.717) is 49.1 Å². The minimum Gasteiger partial charge on any atom is -0.494 e. The number of benzene rings is 2. The Hall–Kier alpha value is -2.84. The first kappa shape index (κ1) is 26.8. The molecule has 0 radical (unpaired) electrons. The maximum Gasteiger partial charge on any atom is 0.257 e. The number of nitrogens with zero attached hydrogens (tertiary/aromatic N) is 2. The second kappa shape index (κ2) is 12.7. The second-order valence-electron chi connectivity index (χ2n) is 8.74. The summed E-state index contributed by atoms with van der Waals surface area (Å²) < 4.78 is 5.65. The van der Waals surface area contributed by atoms with Crippen molar-refractivity contribution in [3.05, 3.63) is 53.1 Å². The highest BCUT2D eigenvalue weighted by atomic mass is 35.5. The lowest BCUT2D eigenvalue weighted by Gasteiger charge is -2.38. The lowest BCUT2D eigenvalue weighted by Crippen LogP contribution is -2.50. The lowest BCUT2D eigenvalue weighted by atomic mass is 10.1. The molecule has 1 aliphatic rings. The largest absolute Gasteiger partial charge is 0.494 e. The van der Waals surface area contributed by atoms with Crippen molar-refractivity contribution in [3.63, 3.8) is 0 Å². The van der Waals surface area contributed by atoms with Gasteiger partial charge in [-0.3, -0.25) is 14.9 Å². The predicted molar refractivity (Wildman–Crippen MR) is 146 cm³/mol. The van der Waals surface area contributed by atoms with Crippen LogP contribution in [0.2, 0.25) is 5.02 Å². The molecule has 0 bridgehead atoms. The van der Waals surface area contributed by atoms with Gasteiger partial charge in [0.25, 0.3) is 5.91 Å². The second-order valence-corrected chi connectivity index (χ2v) is 9.55. The van der Waals surface area contributed by atoms with Gasteiger partial charge in [0.15, 0.2) is 5.11 Å². The van der Waals surface area contributed by atoms with Crippen molar-refractivity contribution < 1.29 is 14.3 Å². The van der Waals surface area contributed by atoms with Crippen molar-refractivity contribution >= 4 is 52.1 Å². The number of carbonyl (C=O) groups is 2. The fraction of sp³-hybridized carbons (Fsp3) is 0.423. The molecular weight excluding hydrogens is 484 g/mol. The first-order valence-electron chi connectivity index (χ1n) is 12.0. The first-order chi connectivity index (χ1) is 16.8. The van der Waals surface area contributed by atoms with E-state index in [1.807, 2.05) is 36.9 Å². The highest BCUT2D eigenvalue weighted by molar-refractivity contribution is 7.80. The smallest absolute Gasteiger partial charge is 0.257 e. The van der Waals surface area contributed by atoms with Crippen molar-refractivity contribution in [3.8, 4) is 5.75 Å². The molecule has 1 aliphatic heterocycles. The molecule has 2 amide bonds. The quantitative estimate of drug-likeness (QED) is 0.382. The molecule has 2 N–H and O–H groups in total. The number of unbranched alkanes of at least 4 members (excludes halogenated alkanes) is 1. The molecule has 0 spiro atoms. The number of rotatable bonds is 8. The average molecular weight is 517 g/mol. The summed E-state index contributed by atoms with van der Waals surface area (Å²) in [6, 6.07) is 12.5. The van der Waals surface area contributed by atoms with Crippen molar-refractivity contribution in [2.45, 2.75) is 33.6 Å². The van der Waals surface area contributed by atoms with Crippen LogP contribution in [-0.2, 0) is 4.79 Å². The third-order valence-electron chi connectivity index (χ3n) is 5.75. The number of thiocarbonyl (C=S) groups is 1. The van der Waals surface area contributed by atoms with Crippen molar-refractivity contribution in [1.29, 1.82) is 0 Å². The Morgan fingerprint density at radius 3 is 2.40 bits per heavy atom. The fourth-order valence-corrected chi connectivity index (χ4v) is 4.32. The van der Waals surface area contributed by atoms with E-state index in [4.69, 9.17) is 28.6 Å². The minimum absolute atomic E-state index is 0.0233. The molecule has 0 saturated carbocycles. The normalized spacial score (nSPS) is 13.5. The van der Waals surface area contributed by atoms with E-state index in [-0.39, 0.29) is 22.8 Å². The summed E-state index contributed by atoms with van der Waals surface area (Å²) in [5.74, 6) is 0.554. The van der Waals surface area contributed by atoms with Crippen molar-refractivity contribution in [2.24, 2.45) is 5.92 Å². The van der Waals surface area contributed by atoms with Gasteiger partial charge in [-0.2, -0.15) is 0 Å². The maximum absolute atomic E-state index is 12.7. The number of halogens is 1. The molecule has 1 fully saturated rings. The van der Waals surface area contributed by atoms with Crippen LogP contribution in [0.1, 0.15) is 44.0 Å². The Labute approximate surface area is 217 Å². The zero-order chi connectivity index (χ0) is 25.4. The van der Waals surface area contributed by atoms with Gasteiger partial charge in [0.2, 0.25) is 5.91 Å². The topological polar surface area (TPSA) is 73.9 Å². The van der Waals surface area contributed by atoms with Gasteiger partial charge >= 0.3 is 0 Å². The molecule has 1 heterocycles. The van der Waals surface area contributed by atoms with Gasteiger partial charge in [0, 0.05) is 37.7 Å². The van der Waals surface area contributed by atoms with E-state index >= 15 is 0 Å². The van der Waals surface area contributed by atoms with E-state index in [9.17, 15) is 9.59 Å². The summed E-state index contributed by atoms with van der Waals surface area (Å²) in [4.78, 5) is 29.0. The molecule has 7 nitrogen and oxygen atoms in total. The number of nitrogens with one attached hydrogen (secondary N) is 2. The van der Waals surface area contributed by atoms with Crippen LogP contribution in [-0.4, -0.2) is 54.6 Å². The van der Waals surface area contributed by atoms with Crippen LogP contribution < -0.4 is 20.3 Å². The van der Waals surface area contributed by atoms with Gasteiger partial charge in [0.1, 0.15) is 5.75 Å². The summed E-state index contributed by atoms with van der Waals surface area (Å²) in [6.07, 6.45) is 2.05. The molecule has 0 atom stereocenters. The number of anilines is 2. The molecule has 1 saturated heterocycles. The monoisotopic (exact) mass is 516 g/mol. The van der Waals surface area contributed by atoms with Crippen molar-refractivity contribution in [1.82, 2.24) is 10.2 Å². The number of para-hydroxylation sites is 1. The average Bonchev–Trinajstić information content (AvgIpc) is 2.84. The van der Waals surface area contributed by atoms with Gasteiger partial charge in [-0.25, -0.2) is 0 Å². The maximum atomic E-state index is 12.7. The van der Waals surface area contributed by atoms with Crippen LogP contribution in [0.5, 0.6) is 5.75 Å². The molecule has 0 unspecified atom stereocenters.